The second-order valence-corrected chi connectivity index (χ2v) is 8.97. The van der Waals surface area contributed by atoms with Gasteiger partial charge in [0.15, 0.2) is 0 Å². The molecule has 1 N–H and O–H groups in total. The number of rotatable bonds is 6. The fraction of sp³-hybridized carbons (Fsp3) is 0.588. The van der Waals surface area contributed by atoms with Crippen molar-refractivity contribution in [2.24, 2.45) is 5.41 Å². The molecule has 1 aliphatic rings. The highest BCUT2D eigenvalue weighted by Gasteiger charge is 2.22. The van der Waals surface area contributed by atoms with Crippen LogP contribution in [-0.4, -0.2) is 27.4 Å². The van der Waals surface area contributed by atoms with Gasteiger partial charge in [-0.25, -0.2) is 13.1 Å². The monoisotopic (exact) mass is 338 g/mol. The molecule has 23 heavy (non-hydrogen) atoms. The Balaban J connectivity index is 1.96. The van der Waals surface area contributed by atoms with Crippen molar-refractivity contribution in [2.75, 3.05) is 18.0 Å². The molecular formula is C17H26N2O3S. The second kappa shape index (κ2) is 7.01. The molecular weight excluding hydrogens is 312 g/mol. The van der Waals surface area contributed by atoms with Crippen LogP contribution in [0, 0.1) is 5.41 Å². The van der Waals surface area contributed by atoms with Gasteiger partial charge in [-0.2, -0.15) is 0 Å². The lowest BCUT2D eigenvalue weighted by Crippen LogP contribution is -2.26. The molecule has 0 aromatic heterocycles. The lowest BCUT2D eigenvalue weighted by molar-refractivity contribution is -0.117. The highest BCUT2D eigenvalue weighted by molar-refractivity contribution is 7.89. The first-order valence-electron chi connectivity index (χ1n) is 8.09. The summed E-state index contributed by atoms with van der Waals surface area (Å²) in [5.74, 6) is 0.0981. The molecule has 5 nitrogen and oxygen atoms in total. The van der Waals surface area contributed by atoms with Crippen LogP contribution < -0.4 is 9.62 Å². The largest absolute Gasteiger partial charge is 0.312 e. The zero-order chi connectivity index (χ0) is 17.1. The zero-order valence-electron chi connectivity index (χ0n) is 14.1. The van der Waals surface area contributed by atoms with E-state index in [-0.39, 0.29) is 16.2 Å². The molecule has 1 amide bonds. The Morgan fingerprint density at radius 1 is 1.17 bits per heavy atom. The number of sulfonamides is 1. The molecule has 1 aromatic rings. The Kier molecular flexibility index (Phi) is 5.47. The minimum atomic E-state index is -3.49. The van der Waals surface area contributed by atoms with Gasteiger partial charge in [-0.3, -0.25) is 4.79 Å². The Morgan fingerprint density at radius 3 is 2.35 bits per heavy atom. The number of nitrogens with one attached hydrogen (secondary N) is 1. The predicted molar refractivity (Wildman–Crippen MR) is 91.9 cm³/mol. The summed E-state index contributed by atoms with van der Waals surface area (Å²) in [5, 5.41) is 0. The molecule has 1 aliphatic heterocycles. The summed E-state index contributed by atoms with van der Waals surface area (Å²) in [6, 6.07) is 6.53. The number of benzene rings is 1. The normalized spacial score (nSPS) is 16.1. The van der Waals surface area contributed by atoms with Gasteiger partial charge in [0.05, 0.1) is 4.90 Å². The van der Waals surface area contributed by atoms with Crippen LogP contribution in [0.25, 0.3) is 0 Å². The van der Waals surface area contributed by atoms with Gasteiger partial charge < -0.3 is 4.90 Å². The average Bonchev–Trinajstić information content (AvgIpc) is 2.89. The Bertz CT molecular complexity index is 645. The molecule has 0 aliphatic carbocycles. The summed E-state index contributed by atoms with van der Waals surface area (Å²) < 4.78 is 27.2. The Morgan fingerprint density at radius 2 is 1.83 bits per heavy atom. The van der Waals surface area contributed by atoms with Gasteiger partial charge in [0.1, 0.15) is 0 Å². The van der Waals surface area contributed by atoms with Crippen LogP contribution in [0.1, 0.15) is 46.5 Å². The van der Waals surface area contributed by atoms with E-state index in [1.807, 2.05) is 0 Å². The fourth-order valence-corrected chi connectivity index (χ4v) is 3.71. The zero-order valence-corrected chi connectivity index (χ0v) is 14.9. The van der Waals surface area contributed by atoms with Gasteiger partial charge >= 0.3 is 0 Å². The summed E-state index contributed by atoms with van der Waals surface area (Å²) in [6.45, 7) is 7.56. The van der Waals surface area contributed by atoms with Crippen LogP contribution >= 0.6 is 0 Å². The van der Waals surface area contributed by atoms with E-state index in [0.29, 0.717) is 19.5 Å². The van der Waals surface area contributed by atoms with Crippen LogP contribution in [0.4, 0.5) is 5.69 Å². The summed E-state index contributed by atoms with van der Waals surface area (Å²) in [5.41, 5.74) is 0.967. The van der Waals surface area contributed by atoms with E-state index in [1.165, 1.54) is 0 Å². The molecule has 128 valence electrons. The lowest BCUT2D eigenvalue weighted by Gasteiger charge is -2.18. The molecule has 2 rings (SSSR count). The number of anilines is 1. The average molecular weight is 338 g/mol. The molecule has 1 fully saturated rings. The van der Waals surface area contributed by atoms with Crippen molar-refractivity contribution in [3.63, 3.8) is 0 Å². The maximum atomic E-state index is 12.3. The second-order valence-electron chi connectivity index (χ2n) is 7.20. The van der Waals surface area contributed by atoms with E-state index < -0.39 is 10.0 Å². The maximum Gasteiger partial charge on any atom is 0.240 e. The van der Waals surface area contributed by atoms with Crippen LogP contribution in [-0.2, 0) is 14.8 Å². The molecule has 1 aromatic carbocycles. The summed E-state index contributed by atoms with van der Waals surface area (Å²) >= 11 is 0. The van der Waals surface area contributed by atoms with Crippen LogP contribution in [0.3, 0.4) is 0 Å². The van der Waals surface area contributed by atoms with Crippen molar-refractivity contribution in [1.82, 2.24) is 4.72 Å². The molecule has 0 atom stereocenters. The lowest BCUT2D eigenvalue weighted by atomic mass is 9.91. The van der Waals surface area contributed by atoms with Crippen molar-refractivity contribution >= 4 is 21.6 Å². The molecule has 0 radical (unpaired) electrons. The summed E-state index contributed by atoms with van der Waals surface area (Å²) in [4.78, 5) is 13.6. The van der Waals surface area contributed by atoms with Crippen molar-refractivity contribution in [3.05, 3.63) is 24.3 Å². The fourth-order valence-electron chi connectivity index (χ4n) is 2.63. The quantitative estimate of drug-likeness (QED) is 0.811. The minimum absolute atomic E-state index is 0.0981. The van der Waals surface area contributed by atoms with Gasteiger partial charge in [0, 0.05) is 25.2 Å². The van der Waals surface area contributed by atoms with E-state index in [0.717, 1.165) is 24.9 Å². The number of hydrogen-bond donors (Lipinski definition) is 1. The van der Waals surface area contributed by atoms with Crippen molar-refractivity contribution in [2.45, 2.75) is 51.3 Å². The van der Waals surface area contributed by atoms with E-state index in [2.05, 4.69) is 25.5 Å². The van der Waals surface area contributed by atoms with Crippen LogP contribution in [0.15, 0.2) is 29.2 Å². The number of hydrogen-bond acceptors (Lipinski definition) is 3. The van der Waals surface area contributed by atoms with E-state index in [4.69, 9.17) is 0 Å². The number of carbonyl (C=O) groups is 1. The first kappa shape index (κ1) is 17.9. The topological polar surface area (TPSA) is 66.5 Å². The van der Waals surface area contributed by atoms with Gasteiger partial charge in [-0.05, 0) is 48.9 Å². The van der Waals surface area contributed by atoms with Crippen LogP contribution in [0.2, 0.25) is 0 Å². The smallest absolute Gasteiger partial charge is 0.240 e. The Hall–Kier alpha value is -1.40. The molecule has 0 saturated carbocycles. The number of amides is 1. The first-order chi connectivity index (χ1) is 10.7. The van der Waals surface area contributed by atoms with E-state index in [9.17, 15) is 13.2 Å². The standard InChI is InChI=1S/C17H26N2O3S/c1-17(2,3)11-5-12-18-23(21,22)15-9-7-14(8-10-15)19-13-4-6-16(19)20/h7-10,18H,4-6,11-13H2,1-3H3. The third-order valence-electron chi connectivity index (χ3n) is 3.93. The van der Waals surface area contributed by atoms with Crippen molar-refractivity contribution in [3.8, 4) is 0 Å². The summed E-state index contributed by atoms with van der Waals surface area (Å²) in [7, 11) is -3.49. The van der Waals surface area contributed by atoms with Gasteiger partial charge in [0.25, 0.3) is 0 Å². The van der Waals surface area contributed by atoms with Gasteiger partial charge in [0.2, 0.25) is 15.9 Å². The molecule has 0 unspecified atom stereocenters. The molecule has 1 heterocycles. The van der Waals surface area contributed by atoms with Crippen molar-refractivity contribution in [1.29, 1.82) is 0 Å². The SMILES string of the molecule is CC(C)(C)CCCNS(=O)(=O)c1ccc(N2CCCC2=O)cc1. The van der Waals surface area contributed by atoms with Gasteiger partial charge in [-0.15, -0.1) is 0 Å². The van der Waals surface area contributed by atoms with E-state index in [1.54, 1.807) is 29.2 Å². The predicted octanol–water partition coefficient (Wildman–Crippen LogP) is 2.92. The molecule has 1 saturated heterocycles. The third-order valence-corrected chi connectivity index (χ3v) is 5.40. The molecule has 6 heteroatoms. The third kappa shape index (κ3) is 5.04. The summed E-state index contributed by atoms with van der Waals surface area (Å²) in [6.07, 6.45) is 3.19. The molecule has 0 bridgehead atoms. The highest BCUT2D eigenvalue weighted by atomic mass is 32.2. The maximum absolute atomic E-state index is 12.3. The number of nitrogens with zero attached hydrogens (tertiary/aromatic N) is 1. The van der Waals surface area contributed by atoms with Crippen LogP contribution in [0.5, 0.6) is 0 Å². The highest BCUT2D eigenvalue weighted by Crippen LogP contribution is 2.23. The van der Waals surface area contributed by atoms with Gasteiger partial charge in [-0.1, -0.05) is 20.8 Å². The Labute approximate surface area is 139 Å². The molecule has 0 spiro atoms. The van der Waals surface area contributed by atoms with Crippen molar-refractivity contribution < 1.29 is 13.2 Å². The number of carbonyl (C=O) groups excluding carboxylic acids is 1. The van der Waals surface area contributed by atoms with E-state index >= 15 is 0 Å². The minimum Gasteiger partial charge on any atom is -0.312 e. The first-order valence-corrected chi connectivity index (χ1v) is 9.57.